The summed E-state index contributed by atoms with van der Waals surface area (Å²) in [6.07, 6.45) is -8.64. The Bertz CT molecular complexity index is 971. The maximum Gasteiger partial charge on any atom is 0.435 e. The van der Waals surface area contributed by atoms with Gasteiger partial charge in [-0.1, -0.05) is 17.7 Å². The lowest BCUT2D eigenvalue weighted by molar-refractivity contribution is -0.193. The second-order valence-corrected chi connectivity index (χ2v) is 6.80. The van der Waals surface area contributed by atoms with Crippen molar-refractivity contribution in [2.24, 2.45) is 5.10 Å². The van der Waals surface area contributed by atoms with E-state index in [0.29, 0.717) is 6.07 Å². The van der Waals surface area contributed by atoms with Crippen LogP contribution in [-0.2, 0) is 11.0 Å². The fourth-order valence-electron chi connectivity index (χ4n) is 2.86. The van der Waals surface area contributed by atoms with Gasteiger partial charge >= 0.3 is 6.18 Å². The molecule has 0 fully saturated rings. The fourth-order valence-corrected chi connectivity index (χ4v) is 2.86. The number of amides is 1. The topological polar surface area (TPSA) is 80.0 Å². The highest BCUT2D eigenvalue weighted by molar-refractivity contribution is 5.89. The van der Waals surface area contributed by atoms with Gasteiger partial charge in [-0.25, -0.2) is 13.5 Å². The van der Waals surface area contributed by atoms with E-state index >= 15 is 0 Å². The number of aliphatic hydroxyl groups is 1. The number of halogens is 5. The molecule has 0 spiro atoms. The van der Waals surface area contributed by atoms with Crippen molar-refractivity contribution in [1.29, 1.82) is 0 Å². The third kappa shape index (κ3) is 4.13. The molecular formula is C18H17F5N4O3. The zero-order valence-electron chi connectivity index (χ0n) is 15.8. The number of hydrazone groups is 1. The van der Waals surface area contributed by atoms with Crippen molar-refractivity contribution in [2.45, 2.75) is 38.6 Å². The third-order valence-corrected chi connectivity index (χ3v) is 4.33. The second-order valence-electron chi connectivity index (χ2n) is 6.80. The van der Waals surface area contributed by atoms with Crippen LogP contribution >= 0.6 is 0 Å². The van der Waals surface area contributed by atoms with Crippen LogP contribution in [0, 0.1) is 6.92 Å². The van der Waals surface area contributed by atoms with E-state index < -0.39 is 48.8 Å². The van der Waals surface area contributed by atoms with Crippen molar-refractivity contribution in [2.75, 3.05) is 6.61 Å². The molecule has 0 radical (unpaired) electrons. The number of ether oxygens (including phenoxy) is 1. The summed E-state index contributed by atoms with van der Waals surface area (Å²) in [4.78, 5) is 12.3. The summed E-state index contributed by atoms with van der Waals surface area (Å²) in [5.41, 5.74) is -2.91. The fraction of sp³-hybridized carbons (Fsp3) is 0.389. The highest BCUT2D eigenvalue weighted by Crippen LogP contribution is 2.33. The summed E-state index contributed by atoms with van der Waals surface area (Å²) in [7, 11) is 0. The summed E-state index contributed by atoms with van der Waals surface area (Å²) >= 11 is 0. The SMILES string of the molecule is CC1=NN(C(=O)COc2cc(C(F)(F)F)nn2-c2ccc(C)cc2)[C@@](O)(C(F)F)C1. The first-order valence-corrected chi connectivity index (χ1v) is 8.66. The molecule has 0 saturated carbocycles. The first-order chi connectivity index (χ1) is 13.9. The Balaban J connectivity index is 1.86. The van der Waals surface area contributed by atoms with Gasteiger partial charge in [-0.05, 0) is 26.0 Å². The number of hydrogen-bond donors (Lipinski definition) is 1. The van der Waals surface area contributed by atoms with Crippen LogP contribution in [0.3, 0.4) is 0 Å². The van der Waals surface area contributed by atoms with Crippen molar-refractivity contribution in [3.05, 3.63) is 41.6 Å². The number of nitrogens with zero attached hydrogens (tertiary/aromatic N) is 4. The molecule has 1 N–H and O–H groups in total. The van der Waals surface area contributed by atoms with Gasteiger partial charge in [0.05, 0.1) is 5.69 Å². The lowest BCUT2D eigenvalue weighted by atomic mass is 10.1. The number of alkyl halides is 5. The maximum absolute atomic E-state index is 13.2. The number of aryl methyl sites for hydroxylation is 1. The summed E-state index contributed by atoms with van der Waals surface area (Å²) in [6, 6.07) is 6.87. The van der Waals surface area contributed by atoms with E-state index in [9.17, 15) is 31.9 Å². The van der Waals surface area contributed by atoms with Gasteiger partial charge in [0.25, 0.3) is 12.3 Å². The molecule has 12 heteroatoms. The number of hydrogen-bond acceptors (Lipinski definition) is 5. The molecule has 1 amide bonds. The van der Waals surface area contributed by atoms with E-state index in [4.69, 9.17) is 4.74 Å². The molecular weight excluding hydrogens is 415 g/mol. The first kappa shape index (κ1) is 21.7. The lowest BCUT2D eigenvalue weighted by Crippen LogP contribution is -2.52. The Labute approximate surface area is 167 Å². The molecule has 0 bridgehead atoms. The van der Waals surface area contributed by atoms with Gasteiger partial charge < -0.3 is 9.84 Å². The summed E-state index contributed by atoms with van der Waals surface area (Å²) in [5, 5.41) is 17.3. The molecule has 2 heterocycles. The van der Waals surface area contributed by atoms with Gasteiger partial charge in [-0.2, -0.15) is 28.4 Å². The summed E-state index contributed by atoms with van der Waals surface area (Å²) in [6.45, 7) is 2.19. The van der Waals surface area contributed by atoms with Crippen LogP contribution in [0.15, 0.2) is 35.4 Å². The van der Waals surface area contributed by atoms with Gasteiger partial charge in [0.1, 0.15) is 0 Å². The van der Waals surface area contributed by atoms with Crippen LogP contribution in [0.5, 0.6) is 5.88 Å². The van der Waals surface area contributed by atoms with Crippen molar-refractivity contribution in [1.82, 2.24) is 14.8 Å². The average Bonchev–Trinajstić information content (AvgIpc) is 3.22. The van der Waals surface area contributed by atoms with E-state index in [-0.39, 0.29) is 16.4 Å². The minimum atomic E-state index is -4.77. The molecule has 1 aliphatic rings. The van der Waals surface area contributed by atoms with E-state index in [0.717, 1.165) is 10.2 Å². The number of carbonyl (C=O) groups is 1. The van der Waals surface area contributed by atoms with E-state index in [1.165, 1.54) is 19.1 Å². The molecule has 3 rings (SSSR count). The molecule has 1 atom stereocenters. The van der Waals surface area contributed by atoms with Crippen molar-refractivity contribution in [3.8, 4) is 11.6 Å². The predicted molar refractivity (Wildman–Crippen MR) is 94.3 cm³/mol. The Hall–Kier alpha value is -3.02. The van der Waals surface area contributed by atoms with Gasteiger partial charge in [0, 0.05) is 18.2 Å². The van der Waals surface area contributed by atoms with Gasteiger partial charge in [0.15, 0.2) is 12.3 Å². The van der Waals surface area contributed by atoms with Crippen molar-refractivity contribution < 1.29 is 36.6 Å². The Morgan fingerprint density at radius 3 is 2.47 bits per heavy atom. The van der Waals surface area contributed by atoms with Crippen molar-refractivity contribution in [3.63, 3.8) is 0 Å². The number of rotatable bonds is 5. The molecule has 1 aliphatic heterocycles. The van der Waals surface area contributed by atoms with E-state index in [1.54, 1.807) is 19.1 Å². The first-order valence-electron chi connectivity index (χ1n) is 8.66. The molecule has 0 aliphatic carbocycles. The quantitative estimate of drug-likeness (QED) is 0.737. The summed E-state index contributed by atoms with van der Waals surface area (Å²) in [5.74, 6) is -1.58. The zero-order valence-corrected chi connectivity index (χ0v) is 15.8. The van der Waals surface area contributed by atoms with Crippen molar-refractivity contribution >= 4 is 11.6 Å². The highest BCUT2D eigenvalue weighted by Gasteiger charge is 2.51. The predicted octanol–water partition coefficient (Wildman–Crippen LogP) is 3.14. The van der Waals surface area contributed by atoms with Crippen LogP contribution in [-0.4, -0.2) is 50.3 Å². The minimum absolute atomic E-state index is 0.0928. The number of benzene rings is 1. The second kappa shape index (κ2) is 7.67. The van der Waals surface area contributed by atoms with Crippen LogP contribution in [0.1, 0.15) is 24.6 Å². The van der Waals surface area contributed by atoms with Gasteiger partial charge in [0.2, 0.25) is 11.6 Å². The van der Waals surface area contributed by atoms with Crippen LogP contribution in [0.4, 0.5) is 22.0 Å². The Kier molecular flexibility index (Phi) is 5.54. The molecule has 0 saturated heterocycles. The molecule has 1 aromatic heterocycles. The lowest BCUT2D eigenvalue weighted by Gasteiger charge is -2.29. The maximum atomic E-state index is 13.2. The monoisotopic (exact) mass is 432 g/mol. The largest absolute Gasteiger partial charge is 0.467 e. The van der Waals surface area contributed by atoms with Crippen LogP contribution in [0.25, 0.3) is 5.69 Å². The normalized spacial score (nSPS) is 19.4. The van der Waals surface area contributed by atoms with Gasteiger partial charge in [-0.3, -0.25) is 4.79 Å². The molecule has 1 aromatic carbocycles. The molecule has 7 nitrogen and oxygen atoms in total. The van der Waals surface area contributed by atoms with Gasteiger partial charge in [-0.15, -0.1) is 0 Å². The summed E-state index contributed by atoms with van der Waals surface area (Å²) < 4.78 is 71.8. The van der Waals surface area contributed by atoms with Crippen LogP contribution in [0.2, 0.25) is 0 Å². The highest BCUT2D eigenvalue weighted by atomic mass is 19.4. The number of aromatic nitrogens is 2. The minimum Gasteiger partial charge on any atom is -0.467 e. The average molecular weight is 432 g/mol. The standard InChI is InChI=1S/C18H17F5N4O3/c1-10-3-5-12(6-4-10)26-15(7-13(25-26)18(21,22)23)30-9-14(28)27-17(29,16(19)20)8-11(2)24-27/h3-7,16,29H,8-9H2,1-2H3/t17-/m0/s1. The third-order valence-electron chi connectivity index (χ3n) is 4.33. The zero-order chi connectivity index (χ0) is 22.3. The van der Waals surface area contributed by atoms with E-state index in [1.807, 2.05) is 0 Å². The molecule has 2 aromatic rings. The van der Waals surface area contributed by atoms with Crippen LogP contribution < -0.4 is 4.74 Å². The molecule has 0 unspecified atom stereocenters. The Morgan fingerprint density at radius 2 is 1.90 bits per heavy atom. The van der Waals surface area contributed by atoms with E-state index in [2.05, 4.69) is 10.2 Å². The molecule has 162 valence electrons. The number of carbonyl (C=O) groups excluding carboxylic acids is 1. The smallest absolute Gasteiger partial charge is 0.435 e. The molecule has 30 heavy (non-hydrogen) atoms. The Morgan fingerprint density at radius 1 is 1.27 bits per heavy atom.